The van der Waals surface area contributed by atoms with Gasteiger partial charge in [0.2, 0.25) is 0 Å². The second-order valence-corrected chi connectivity index (χ2v) is 8.38. The number of nitrogens with zero attached hydrogens (tertiary/aromatic N) is 3. The first kappa shape index (κ1) is 23.7. The van der Waals surface area contributed by atoms with Crippen LogP contribution in [0.5, 0.6) is 6.01 Å². The molecule has 34 heavy (non-hydrogen) atoms. The number of benzene rings is 3. The summed E-state index contributed by atoms with van der Waals surface area (Å²) in [6.45, 7) is 5.44. The molecule has 0 spiro atoms. The highest BCUT2D eigenvalue weighted by atomic mass is 79.9. The van der Waals surface area contributed by atoms with E-state index in [1.807, 2.05) is 80.6 Å². The molecule has 8 heteroatoms. The topological polar surface area (TPSA) is 78.3 Å². The third-order valence-electron chi connectivity index (χ3n) is 5.05. The number of hydrogen-bond donors (Lipinski definition) is 1. The molecule has 0 aliphatic heterocycles. The Hall–Kier alpha value is -3.49. The summed E-state index contributed by atoms with van der Waals surface area (Å²) >= 11 is 3.42. The SMILES string of the molecule is CCOCCOc1nc(-c2ccc(C)cc2)n(-c2ccc(NC(=O)c3ccccc3Br)cc2)n1. The summed E-state index contributed by atoms with van der Waals surface area (Å²) in [6, 6.07) is 23.1. The van der Waals surface area contributed by atoms with Crippen molar-refractivity contribution in [3.05, 3.63) is 88.4 Å². The van der Waals surface area contributed by atoms with Crippen LogP contribution in [0.4, 0.5) is 5.69 Å². The zero-order chi connectivity index (χ0) is 23.9. The van der Waals surface area contributed by atoms with E-state index in [1.54, 1.807) is 10.7 Å². The van der Waals surface area contributed by atoms with Crippen LogP contribution in [-0.2, 0) is 4.74 Å². The molecule has 0 radical (unpaired) electrons. The van der Waals surface area contributed by atoms with E-state index in [2.05, 4.69) is 31.3 Å². The molecule has 1 heterocycles. The normalized spacial score (nSPS) is 10.8. The van der Waals surface area contributed by atoms with E-state index in [-0.39, 0.29) is 11.9 Å². The summed E-state index contributed by atoms with van der Waals surface area (Å²) in [7, 11) is 0. The molecule has 4 rings (SSSR count). The summed E-state index contributed by atoms with van der Waals surface area (Å²) in [4.78, 5) is 17.2. The van der Waals surface area contributed by atoms with Crippen molar-refractivity contribution in [2.24, 2.45) is 0 Å². The summed E-state index contributed by atoms with van der Waals surface area (Å²) in [5.74, 6) is 0.475. The van der Waals surface area contributed by atoms with Crippen molar-refractivity contribution in [3.8, 4) is 23.1 Å². The van der Waals surface area contributed by atoms with Gasteiger partial charge < -0.3 is 14.8 Å². The van der Waals surface area contributed by atoms with Crippen LogP contribution in [0.1, 0.15) is 22.8 Å². The van der Waals surface area contributed by atoms with Gasteiger partial charge in [0.1, 0.15) is 6.61 Å². The number of halogens is 1. The van der Waals surface area contributed by atoms with Crippen molar-refractivity contribution in [2.75, 3.05) is 25.1 Å². The lowest BCUT2D eigenvalue weighted by Gasteiger charge is -2.09. The Kier molecular flexibility index (Phi) is 7.72. The highest BCUT2D eigenvalue weighted by Crippen LogP contribution is 2.25. The van der Waals surface area contributed by atoms with Crippen molar-refractivity contribution >= 4 is 27.5 Å². The number of hydrogen-bond acceptors (Lipinski definition) is 5. The fraction of sp³-hybridized carbons (Fsp3) is 0.192. The zero-order valence-electron chi connectivity index (χ0n) is 19.0. The lowest BCUT2D eigenvalue weighted by Crippen LogP contribution is -2.12. The summed E-state index contributed by atoms with van der Waals surface area (Å²) in [5, 5.41) is 7.48. The van der Waals surface area contributed by atoms with Crippen LogP contribution in [0, 0.1) is 6.92 Å². The molecule has 0 aliphatic rings. The van der Waals surface area contributed by atoms with Crippen LogP contribution >= 0.6 is 15.9 Å². The van der Waals surface area contributed by atoms with Crippen molar-refractivity contribution < 1.29 is 14.3 Å². The number of amides is 1. The summed E-state index contributed by atoms with van der Waals surface area (Å²) in [5.41, 5.74) is 4.12. The molecule has 0 saturated heterocycles. The monoisotopic (exact) mass is 520 g/mol. The smallest absolute Gasteiger partial charge is 0.336 e. The average molecular weight is 521 g/mol. The van der Waals surface area contributed by atoms with E-state index in [0.717, 1.165) is 21.3 Å². The van der Waals surface area contributed by atoms with E-state index in [0.29, 0.717) is 36.9 Å². The largest absolute Gasteiger partial charge is 0.460 e. The number of carbonyl (C=O) groups excluding carboxylic acids is 1. The molecule has 174 valence electrons. The molecule has 3 aromatic carbocycles. The van der Waals surface area contributed by atoms with Crippen molar-refractivity contribution in [2.45, 2.75) is 13.8 Å². The lowest BCUT2D eigenvalue weighted by molar-refractivity contribution is 0.102. The van der Waals surface area contributed by atoms with Gasteiger partial charge in [-0.25, -0.2) is 4.68 Å². The first-order valence-electron chi connectivity index (χ1n) is 11.0. The fourth-order valence-electron chi connectivity index (χ4n) is 3.29. The number of aromatic nitrogens is 3. The van der Waals surface area contributed by atoms with Gasteiger partial charge in [-0.05, 0) is 66.2 Å². The minimum Gasteiger partial charge on any atom is -0.460 e. The van der Waals surface area contributed by atoms with Crippen LogP contribution in [0.25, 0.3) is 17.1 Å². The molecule has 7 nitrogen and oxygen atoms in total. The number of ether oxygens (including phenoxy) is 2. The molecular formula is C26H25BrN4O3. The third-order valence-corrected chi connectivity index (χ3v) is 5.74. The van der Waals surface area contributed by atoms with Crippen LogP contribution in [0.2, 0.25) is 0 Å². The van der Waals surface area contributed by atoms with Gasteiger partial charge in [-0.2, -0.15) is 4.98 Å². The molecule has 0 atom stereocenters. The minimum atomic E-state index is -0.189. The Bertz CT molecular complexity index is 1250. The van der Waals surface area contributed by atoms with E-state index in [4.69, 9.17) is 9.47 Å². The standard InChI is InChI=1S/C26H25BrN4O3/c1-3-33-16-17-34-26-29-24(19-10-8-18(2)9-11-19)31(30-26)21-14-12-20(13-15-21)28-25(32)22-6-4-5-7-23(22)27/h4-15H,3,16-17H2,1-2H3,(H,28,32). The molecule has 0 fully saturated rings. The average Bonchev–Trinajstić information content (AvgIpc) is 3.27. The number of nitrogens with one attached hydrogen (secondary N) is 1. The quantitative estimate of drug-likeness (QED) is 0.287. The molecule has 4 aromatic rings. The van der Waals surface area contributed by atoms with E-state index < -0.39 is 0 Å². The molecule has 1 aromatic heterocycles. The zero-order valence-corrected chi connectivity index (χ0v) is 20.6. The second kappa shape index (κ2) is 11.1. The van der Waals surface area contributed by atoms with Gasteiger partial charge in [0.05, 0.1) is 17.9 Å². The molecular weight excluding hydrogens is 496 g/mol. The van der Waals surface area contributed by atoms with Crippen LogP contribution in [-0.4, -0.2) is 40.5 Å². The molecule has 1 N–H and O–H groups in total. The van der Waals surface area contributed by atoms with Gasteiger partial charge in [0.15, 0.2) is 5.82 Å². The maximum absolute atomic E-state index is 12.6. The second-order valence-electron chi connectivity index (χ2n) is 7.52. The number of rotatable bonds is 9. The fourth-order valence-corrected chi connectivity index (χ4v) is 3.75. The Balaban J connectivity index is 1.58. The number of anilines is 1. The van der Waals surface area contributed by atoms with Gasteiger partial charge in [-0.3, -0.25) is 4.79 Å². The molecule has 0 aliphatic carbocycles. The predicted octanol–water partition coefficient (Wildman–Crippen LogP) is 5.67. The molecule has 0 bridgehead atoms. The first-order chi connectivity index (χ1) is 16.5. The van der Waals surface area contributed by atoms with Gasteiger partial charge in [-0.15, -0.1) is 5.10 Å². The predicted molar refractivity (Wildman–Crippen MR) is 136 cm³/mol. The summed E-state index contributed by atoms with van der Waals surface area (Å²) < 4.78 is 13.5. The van der Waals surface area contributed by atoms with Crippen molar-refractivity contribution in [3.63, 3.8) is 0 Å². The maximum atomic E-state index is 12.6. The van der Waals surface area contributed by atoms with E-state index >= 15 is 0 Å². The van der Waals surface area contributed by atoms with Gasteiger partial charge >= 0.3 is 6.01 Å². The highest BCUT2D eigenvalue weighted by molar-refractivity contribution is 9.10. The Morgan fingerprint density at radius 3 is 2.44 bits per heavy atom. The van der Waals surface area contributed by atoms with Crippen molar-refractivity contribution in [1.82, 2.24) is 14.8 Å². The lowest BCUT2D eigenvalue weighted by atomic mass is 10.1. The highest BCUT2D eigenvalue weighted by Gasteiger charge is 2.15. The first-order valence-corrected chi connectivity index (χ1v) is 11.8. The maximum Gasteiger partial charge on any atom is 0.336 e. The summed E-state index contributed by atoms with van der Waals surface area (Å²) in [6.07, 6.45) is 0. The molecule has 0 unspecified atom stereocenters. The molecule has 1 amide bonds. The van der Waals surface area contributed by atoms with E-state index in [1.165, 1.54) is 0 Å². The van der Waals surface area contributed by atoms with Crippen LogP contribution < -0.4 is 10.1 Å². The van der Waals surface area contributed by atoms with Gasteiger partial charge in [-0.1, -0.05) is 42.0 Å². The van der Waals surface area contributed by atoms with Gasteiger partial charge in [0, 0.05) is 22.3 Å². The number of carbonyl (C=O) groups is 1. The third kappa shape index (κ3) is 5.70. The Labute approximate surface area is 206 Å². The van der Waals surface area contributed by atoms with E-state index in [9.17, 15) is 4.79 Å². The van der Waals surface area contributed by atoms with Crippen LogP contribution in [0.3, 0.4) is 0 Å². The minimum absolute atomic E-state index is 0.189. The Morgan fingerprint density at radius 2 is 1.74 bits per heavy atom. The van der Waals surface area contributed by atoms with Crippen LogP contribution in [0.15, 0.2) is 77.3 Å². The van der Waals surface area contributed by atoms with Crippen molar-refractivity contribution in [1.29, 1.82) is 0 Å². The van der Waals surface area contributed by atoms with Gasteiger partial charge in [0.25, 0.3) is 5.91 Å². The molecule has 0 saturated carbocycles. The Morgan fingerprint density at radius 1 is 1.00 bits per heavy atom. The number of aryl methyl sites for hydroxylation is 1.